The smallest absolute Gasteiger partial charge is 0.342 e. The third-order valence-corrected chi connectivity index (χ3v) is 7.33. The second-order valence-electron chi connectivity index (χ2n) is 7.46. The lowest BCUT2D eigenvalue weighted by Crippen LogP contribution is -2.07. The summed E-state index contributed by atoms with van der Waals surface area (Å²) in [5.41, 5.74) is -1.07. The molecule has 2 aromatic rings. The predicted molar refractivity (Wildman–Crippen MR) is 129 cm³/mol. The van der Waals surface area contributed by atoms with Gasteiger partial charge in [0, 0.05) is 20.9 Å². The van der Waals surface area contributed by atoms with Crippen molar-refractivity contribution >= 4 is 44.9 Å². The fraction of sp³-hybridized carbons (Fsp3) is 0.364. The topological polar surface area (TPSA) is 161 Å². The van der Waals surface area contributed by atoms with Crippen LogP contribution in [0.3, 0.4) is 0 Å². The predicted octanol–water partition coefficient (Wildman–Crippen LogP) is 6.38. The number of benzene rings is 2. The zero-order valence-electron chi connectivity index (χ0n) is 18.6. The van der Waals surface area contributed by atoms with Gasteiger partial charge in [0.05, 0.1) is 9.85 Å². The van der Waals surface area contributed by atoms with Crippen molar-refractivity contribution in [2.24, 2.45) is 0 Å². The maximum atomic E-state index is 11.7. The van der Waals surface area contributed by atoms with E-state index in [1.165, 1.54) is 12.1 Å². The summed E-state index contributed by atoms with van der Waals surface area (Å²) in [4.78, 5) is 46.0. The highest BCUT2D eigenvalue weighted by Gasteiger charge is 2.27. The summed E-state index contributed by atoms with van der Waals surface area (Å²) in [6.45, 7) is 3.84. The molecule has 0 saturated heterocycles. The molecule has 0 radical (unpaired) electrons. The maximum Gasteiger partial charge on any atom is 0.342 e. The molecule has 0 unspecified atom stereocenters. The molecule has 0 aromatic heterocycles. The van der Waals surface area contributed by atoms with Crippen molar-refractivity contribution in [2.75, 3.05) is 0 Å². The minimum absolute atomic E-state index is 0.313. The van der Waals surface area contributed by atoms with Crippen molar-refractivity contribution in [3.63, 3.8) is 0 Å². The average Bonchev–Trinajstić information content (AvgIpc) is 2.78. The zero-order valence-corrected chi connectivity index (χ0v) is 20.2. The largest absolute Gasteiger partial charge is 0.477 e. The van der Waals surface area contributed by atoms with Crippen LogP contribution in [0.15, 0.2) is 34.1 Å². The number of nitro benzene ring substituents is 2. The Bertz CT molecular complexity index is 1030. The number of nitro groups is 2. The molecule has 0 saturated carbocycles. The van der Waals surface area contributed by atoms with Gasteiger partial charge in [0.2, 0.25) is 0 Å². The van der Waals surface area contributed by atoms with Crippen LogP contribution in [0.2, 0.25) is 0 Å². The van der Waals surface area contributed by atoms with E-state index in [0.29, 0.717) is 46.6 Å². The second kappa shape index (κ2) is 12.4. The summed E-state index contributed by atoms with van der Waals surface area (Å²) in [7, 11) is 2.22. The first-order chi connectivity index (χ1) is 16.1. The number of unbranched alkanes of at least 4 members (excludes halogenated alkanes) is 2. The lowest BCUT2D eigenvalue weighted by molar-refractivity contribution is -0.386. The molecule has 0 aliphatic heterocycles. The first-order valence-corrected chi connectivity index (χ1v) is 12.7. The fourth-order valence-corrected chi connectivity index (χ4v) is 5.46. The Morgan fingerprint density at radius 1 is 0.765 bits per heavy atom. The number of carbonyl (C=O) groups is 2. The quantitative estimate of drug-likeness (QED) is 0.176. The number of hydrogen-bond acceptors (Lipinski definition) is 8. The molecule has 2 rings (SSSR count). The van der Waals surface area contributed by atoms with Gasteiger partial charge in [-0.2, -0.15) is 0 Å². The first-order valence-electron chi connectivity index (χ1n) is 10.5. The Kier molecular flexibility index (Phi) is 9.87. The minimum atomic E-state index is -1.41. The lowest BCUT2D eigenvalue weighted by atomic mass is 10.0. The Morgan fingerprint density at radius 2 is 1.12 bits per heavy atom. The monoisotopic (exact) mass is 508 g/mol. The Balaban J connectivity index is 2.49. The fourth-order valence-electron chi connectivity index (χ4n) is 3.40. The van der Waals surface area contributed by atoms with E-state index < -0.39 is 44.3 Å². The van der Waals surface area contributed by atoms with E-state index in [-0.39, 0.29) is 0 Å². The number of nitrogens with zero attached hydrogens (tertiary/aromatic N) is 2. The van der Waals surface area contributed by atoms with Crippen LogP contribution in [-0.4, -0.2) is 32.0 Å². The molecule has 0 spiro atoms. The van der Waals surface area contributed by atoms with Crippen molar-refractivity contribution in [3.05, 3.63) is 66.7 Å². The van der Waals surface area contributed by atoms with Crippen molar-refractivity contribution in [2.45, 2.75) is 62.2 Å². The van der Waals surface area contributed by atoms with Crippen LogP contribution < -0.4 is 0 Å². The third-order valence-electron chi connectivity index (χ3n) is 4.98. The Hall–Kier alpha value is -3.12. The average molecular weight is 509 g/mol. The number of aromatic carboxylic acids is 2. The van der Waals surface area contributed by atoms with Gasteiger partial charge in [-0.15, -0.1) is 0 Å². The molecule has 0 bridgehead atoms. The van der Waals surface area contributed by atoms with Crippen molar-refractivity contribution in [1.82, 2.24) is 0 Å². The molecule has 0 amide bonds. The highest BCUT2D eigenvalue weighted by molar-refractivity contribution is 8.76. The molecule has 0 aliphatic carbocycles. The number of aryl methyl sites for hydroxylation is 2. The van der Waals surface area contributed by atoms with Crippen LogP contribution in [0.1, 0.15) is 71.4 Å². The maximum absolute atomic E-state index is 11.7. The number of carboxylic acid groups (broad SMARTS) is 2. The van der Waals surface area contributed by atoms with E-state index in [1.54, 1.807) is 12.1 Å². The molecular formula is C22H24N2O8S2. The van der Waals surface area contributed by atoms with Gasteiger partial charge in [-0.05, 0) is 49.9 Å². The molecule has 0 heterocycles. The van der Waals surface area contributed by atoms with E-state index in [1.807, 2.05) is 13.8 Å². The molecule has 34 heavy (non-hydrogen) atoms. The number of carboxylic acids is 2. The van der Waals surface area contributed by atoms with Crippen LogP contribution in [0.4, 0.5) is 11.4 Å². The summed E-state index contributed by atoms with van der Waals surface area (Å²) in [5.74, 6) is -2.83. The third kappa shape index (κ3) is 6.70. The summed E-state index contributed by atoms with van der Waals surface area (Å²) in [6, 6.07) is 5.57. The summed E-state index contributed by atoms with van der Waals surface area (Å²) >= 11 is 0. The minimum Gasteiger partial charge on any atom is -0.477 e. The summed E-state index contributed by atoms with van der Waals surface area (Å²) in [5, 5.41) is 42.1. The van der Waals surface area contributed by atoms with Gasteiger partial charge >= 0.3 is 11.9 Å². The summed E-state index contributed by atoms with van der Waals surface area (Å²) < 4.78 is 0. The zero-order chi connectivity index (χ0) is 25.4. The molecule has 2 N–H and O–H groups in total. The van der Waals surface area contributed by atoms with Gasteiger partial charge in [-0.25, -0.2) is 9.59 Å². The molecule has 2 aromatic carbocycles. The van der Waals surface area contributed by atoms with Gasteiger partial charge in [0.15, 0.2) is 0 Å². The Morgan fingerprint density at radius 3 is 1.38 bits per heavy atom. The lowest BCUT2D eigenvalue weighted by Gasteiger charge is -2.11. The van der Waals surface area contributed by atoms with E-state index in [4.69, 9.17) is 0 Å². The van der Waals surface area contributed by atoms with Crippen LogP contribution in [-0.2, 0) is 12.8 Å². The van der Waals surface area contributed by atoms with Crippen molar-refractivity contribution in [1.29, 1.82) is 0 Å². The molecule has 0 fully saturated rings. The SMILES string of the molecule is CCCCc1cc(SSc2cc(CCCC)c([N+](=O)[O-])c(C(=O)O)c2)cc(C(=O)O)c1[N+](=O)[O-]. The van der Waals surface area contributed by atoms with E-state index in [0.717, 1.165) is 34.4 Å². The van der Waals surface area contributed by atoms with Crippen LogP contribution in [0.25, 0.3) is 0 Å². The normalized spacial score (nSPS) is 10.8. The second-order valence-corrected chi connectivity index (χ2v) is 9.73. The molecule has 0 atom stereocenters. The molecule has 0 aliphatic rings. The molecular weight excluding hydrogens is 484 g/mol. The highest BCUT2D eigenvalue weighted by Crippen LogP contribution is 2.42. The molecule has 10 nitrogen and oxygen atoms in total. The van der Waals surface area contributed by atoms with Crippen LogP contribution in [0, 0.1) is 20.2 Å². The highest BCUT2D eigenvalue weighted by atomic mass is 33.1. The van der Waals surface area contributed by atoms with E-state index in [2.05, 4.69) is 0 Å². The first kappa shape index (κ1) is 27.1. The van der Waals surface area contributed by atoms with E-state index in [9.17, 15) is 40.0 Å². The molecule has 12 heteroatoms. The van der Waals surface area contributed by atoms with Crippen molar-refractivity contribution < 1.29 is 29.6 Å². The van der Waals surface area contributed by atoms with Gasteiger partial charge in [-0.3, -0.25) is 20.2 Å². The standard InChI is InChI=1S/C22H24N2O8S2/c1-3-5-7-13-9-15(11-17(21(25)26)19(13)23(29)30)33-34-16-10-14(8-6-4-2)20(24(31)32)18(12-16)22(27)28/h9-12H,3-8H2,1-2H3,(H,25,26)(H,27,28). The Labute approximate surface area is 203 Å². The summed E-state index contributed by atoms with van der Waals surface area (Å²) in [6.07, 6.45) is 3.51. The molecule has 182 valence electrons. The number of rotatable bonds is 13. The van der Waals surface area contributed by atoms with E-state index >= 15 is 0 Å². The van der Waals surface area contributed by atoms with Crippen molar-refractivity contribution in [3.8, 4) is 0 Å². The number of hydrogen-bond donors (Lipinski definition) is 2. The van der Waals surface area contributed by atoms with Crippen LogP contribution in [0.5, 0.6) is 0 Å². The van der Waals surface area contributed by atoms with Crippen LogP contribution >= 0.6 is 21.6 Å². The van der Waals surface area contributed by atoms with Gasteiger partial charge in [-0.1, -0.05) is 48.3 Å². The van der Waals surface area contributed by atoms with Gasteiger partial charge in [0.25, 0.3) is 11.4 Å². The van der Waals surface area contributed by atoms with Gasteiger partial charge in [0.1, 0.15) is 11.1 Å². The van der Waals surface area contributed by atoms with Gasteiger partial charge < -0.3 is 10.2 Å².